The van der Waals surface area contributed by atoms with Crippen LogP contribution >= 0.6 is 0 Å². The summed E-state index contributed by atoms with van der Waals surface area (Å²) in [6, 6.07) is 5.20. The first-order valence-electron chi connectivity index (χ1n) is 10.9. The number of aromatic nitrogens is 2. The molecule has 1 amide bonds. The highest BCUT2D eigenvalue weighted by atomic mass is 19.4. The molecule has 4 rings (SSSR count). The first-order chi connectivity index (χ1) is 15.3. The molecule has 1 N–H and O–H groups in total. The lowest BCUT2D eigenvalue weighted by molar-refractivity contribution is -0.137. The Balaban J connectivity index is 1.52. The van der Waals surface area contributed by atoms with Gasteiger partial charge in [-0.15, -0.1) is 10.2 Å². The fourth-order valence-corrected chi connectivity index (χ4v) is 4.70. The normalized spacial score (nSPS) is 20.8. The van der Waals surface area contributed by atoms with Crippen molar-refractivity contribution in [3.8, 4) is 17.0 Å². The second-order valence-electron chi connectivity index (χ2n) is 9.54. The number of amides is 1. The number of phenols is 1. The molecule has 2 aromatic rings. The lowest BCUT2D eigenvalue weighted by atomic mass is 10.0. The van der Waals surface area contributed by atoms with E-state index in [1.165, 1.54) is 6.92 Å². The van der Waals surface area contributed by atoms with Gasteiger partial charge in [-0.3, -0.25) is 0 Å². The first kappa shape index (κ1) is 23.1. The molecule has 10 heteroatoms. The number of rotatable bonds is 2. The lowest BCUT2D eigenvalue weighted by Crippen LogP contribution is -2.42. The van der Waals surface area contributed by atoms with Crippen LogP contribution in [0.5, 0.6) is 5.75 Å². The van der Waals surface area contributed by atoms with E-state index in [0.717, 1.165) is 18.9 Å². The van der Waals surface area contributed by atoms with Gasteiger partial charge in [0.15, 0.2) is 5.82 Å². The van der Waals surface area contributed by atoms with Crippen LogP contribution in [0.3, 0.4) is 0 Å². The SMILES string of the molecule is Cc1cc(C(F)(F)F)cc(O)c1-c1ccc(N2CC[C@H]3[C@@H]2CCN3C(=O)OC(C)(C)C)nn1. The highest BCUT2D eigenvalue weighted by molar-refractivity contribution is 5.72. The number of ether oxygens (including phenoxy) is 1. The quantitative estimate of drug-likeness (QED) is 0.690. The molecule has 178 valence electrons. The predicted octanol–water partition coefficient (Wildman–Crippen LogP) is 4.76. The van der Waals surface area contributed by atoms with Crippen molar-refractivity contribution in [1.29, 1.82) is 0 Å². The topological polar surface area (TPSA) is 78.8 Å². The number of nitrogens with zero attached hydrogens (tertiary/aromatic N) is 4. The maximum absolute atomic E-state index is 13.0. The van der Waals surface area contributed by atoms with Crippen LogP contribution in [0.15, 0.2) is 24.3 Å². The van der Waals surface area contributed by atoms with Gasteiger partial charge in [-0.2, -0.15) is 13.2 Å². The van der Waals surface area contributed by atoms with Crippen LogP contribution in [-0.4, -0.2) is 57.1 Å². The van der Waals surface area contributed by atoms with E-state index < -0.39 is 23.1 Å². The van der Waals surface area contributed by atoms with Crippen molar-refractivity contribution in [1.82, 2.24) is 15.1 Å². The Hall–Kier alpha value is -3.04. The van der Waals surface area contributed by atoms with Gasteiger partial charge in [-0.25, -0.2) is 4.79 Å². The number of anilines is 1. The zero-order valence-corrected chi connectivity index (χ0v) is 19.0. The van der Waals surface area contributed by atoms with Gasteiger partial charge in [0.2, 0.25) is 0 Å². The largest absolute Gasteiger partial charge is 0.507 e. The molecule has 2 aliphatic rings. The van der Waals surface area contributed by atoms with Crippen LogP contribution in [0, 0.1) is 6.92 Å². The Kier molecular flexibility index (Phi) is 5.66. The number of carbonyl (C=O) groups is 1. The molecule has 0 aliphatic carbocycles. The molecule has 0 saturated carbocycles. The average molecular weight is 464 g/mol. The summed E-state index contributed by atoms with van der Waals surface area (Å²) in [4.78, 5) is 16.4. The molecular weight excluding hydrogens is 437 g/mol. The van der Waals surface area contributed by atoms with E-state index >= 15 is 0 Å². The van der Waals surface area contributed by atoms with Gasteiger partial charge in [0.05, 0.1) is 23.3 Å². The van der Waals surface area contributed by atoms with Crippen LogP contribution in [0.1, 0.15) is 44.7 Å². The minimum atomic E-state index is -4.54. The summed E-state index contributed by atoms with van der Waals surface area (Å²) in [6.07, 6.45) is -3.29. The summed E-state index contributed by atoms with van der Waals surface area (Å²) in [7, 11) is 0. The van der Waals surface area contributed by atoms with Crippen molar-refractivity contribution in [2.75, 3.05) is 18.0 Å². The van der Waals surface area contributed by atoms with Crippen LogP contribution in [0.25, 0.3) is 11.3 Å². The highest BCUT2D eigenvalue weighted by Crippen LogP contribution is 2.39. The zero-order valence-electron chi connectivity index (χ0n) is 19.0. The summed E-state index contributed by atoms with van der Waals surface area (Å²) in [5, 5.41) is 18.7. The molecule has 0 unspecified atom stereocenters. The molecular formula is C23H27F3N4O3. The first-order valence-corrected chi connectivity index (χ1v) is 10.9. The van der Waals surface area contributed by atoms with Gasteiger partial charge in [-0.1, -0.05) is 0 Å². The predicted molar refractivity (Wildman–Crippen MR) is 116 cm³/mol. The highest BCUT2D eigenvalue weighted by Gasteiger charge is 2.46. The van der Waals surface area contributed by atoms with Crippen molar-refractivity contribution in [3.05, 3.63) is 35.4 Å². The third-order valence-corrected chi connectivity index (χ3v) is 6.05. The molecule has 2 saturated heterocycles. The van der Waals surface area contributed by atoms with Crippen molar-refractivity contribution < 1.29 is 27.8 Å². The molecule has 2 atom stereocenters. The molecule has 2 fully saturated rings. The molecule has 7 nitrogen and oxygen atoms in total. The number of hydrogen-bond donors (Lipinski definition) is 1. The number of hydrogen-bond acceptors (Lipinski definition) is 6. The summed E-state index contributed by atoms with van der Waals surface area (Å²) in [6.45, 7) is 8.32. The van der Waals surface area contributed by atoms with Crippen LogP contribution in [0.2, 0.25) is 0 Å². The third-order valence-electron chi connectivity index (χ3n) is 6.05. The van der Waals surface area contributed by atoms with Crippen molar-refractivity contribution in [3.63, 3.8) is 0 Å². The average Bonchev–Trinajstić information content (AvgIpc) is 3.28. The fourth-order valence-electron chi connectivity index (χ4n) is 4.70. The monoisotopic (exact) mass is 464 g/mol. The Bertz CT molecular complexity index is 1030. The minimum absolute atomic E-state index is 0.0301. The van der Waals surface area contributed by atoms with E-state index in [-0.39, 0.29) is 29.3 Å². The summed E-state index contributed by atoms with van der Waals surface area (Å²) in [5.41, 5.74) is -0.700. The second kappa shape index (κ2) is 8.07. The number of halogens is 3. The van der Waals surface area contributed by atoms with Gasteiger partial charge < -0.3 is 19.6 Å². The molecule has 2 aliphatic heterocycles. The van der Waals surface area contributed by atoms with E-state index in [4.69, 9.17) is 4.74 Å². The smallest absolute Gasteiger partial charge is 0.416 e. The molecule has 33 heavy (non-hydrogen) atoms. The number of alkyl halides is 3. The number of likely N-dealkylation sites (tertiary alicyclic amines) is 1. The van der Waals surface area contributed by atoms with E-state index in [1.54, 1.807) is 17.0 Å². The van der Waals surface area contributed by atoms with Crippen LogP contribution < -0.4 is 4.90 Å². The van der Waals surface area contributed by atoms with Gasteiger partial charge in [0, 0.05) is 18.7 Å². The van der Waals surface area contributed by atoms with E-state index in [2.05, 4.69) is 15.1 Å². The number of carbonyl (C=O) groups excluding carboxylic acids is 1. The van der Waals surface area contributed by atoms with E-state index in [0.29, 0.717) is 30.7 Å². The van der Waals surface area contributed by atoms with Crippen LogP contribution in [0.4, 0.5) is 23.8 Å². The van der Waals surface area contributed by atoms with Crippen molar-refractivity contribution >= 4 is 11.9 Å². The molecule has 0 bridgehead atoms. The second-order valence-corrected chi connectivity index (χ2v) is 9.54. The van der Waals surface area contributed by atoms with Gasteiger partial charge in [0.1, 0.15) is 11.4 Å². The maximum atomic E-state index is 13.0. The standard InChI is InChI=1S/C23H27F3N4O3/c1-13-11-14(23(24,25)26)12-18(31)20(13)15-5-6-19(28-27-15)29-9-7-17-16(29)8-10-30(17)21(32)33-22(2,3)4/h5-6,11-12,16-17,31H,7-10H2,1-4H3/t16-,17-/m0/s1. The Morgan fingerprint density at radius 3 is 2.36 bits per heavy atom. The van der Waals surface area contributed by atoms with E-state index in [9.17, 15) is 23.1 Å². The summed E-state index contributed by atoms with van der Waals surface area (Å²) >= 11 is 0. The lowest BCUT2D eigenvalue weighted by Gasteiger charge is -2.28. The fraction of sp³-hybridized carbons (Fsp3) is 0.522. The van der Waals surface area contributed by atoms with Gasteiger partial charge >= 0.3 is 12.3 Å². The number of phenolic OH excluding ortho intramolecular Hbond substituents is 1. The molecule has 1 aromatic carbocycles. The van der Waals surface area contributed by atoms with Crippen LogP contribution in [-0.2, 0) is 10.9 Å². The number of aryl methyl sites for hydroxylation is 1. The molecule has 3 heterocycles. The van der Waals surface area contributed by atoms with E-state index in [1.807, 2.05) is 20.8 Å². The Morgan fingerprint density at radius 1 is 1.09 bits per heavy atom. The van der Waals surface area contributed by atoms with Gasteiger partial charge in [-0.05, 0) is 70.4 Å². The Morgan fingerprint density at radius 2 is 1.79 bits per heavy atom. The number of aromatic hydroxyl groups is 1. The maximum Gasteiger partial charge on any atom is 0.416 e. The Labute approximate surface area is 190 Å². The minimum Gasteiger partial charge on any atom is -0.507 e. The number of benzene rings is 1. The molecule has 1 aromatic heterocycles. The molecule has 0 radical (unpaired) electrons. The van der Waals surface area contributed by atoms with Crippen molar-refractivity contribution in [2.24, 2.45) is 0 Å². The number of fused-ring (bicyclic) bond motifs is 1. The third kappa shape index (κ3) is 4.56. The summed E-state index contributed by atoms with van der Waals surface area (Å²) < 4.78 is 44.5. The molecule has 0 spiro atoms. The van der Waals surface area contributed by atoms with Crippen molar-refractivity contribution in [2.45, 2.75) is 64.4 Å². The van der Waals surface area contributed by atoms with Gasteiger partial charge in [0.25, 0.3) is 0 Å². The zero-order chi connectivity index (χ0) is 24.1. The summed E-state index contributed by atoms with van der Waals surface area (Å²) in [5.74, 6) is 0.135.